The van der Waals surface area contributed by atoms with Crippen LogP contribution in [0.2, 0.25) is 0 Å². The first-order valence-electron chi connectivity index (χ1n) is 8.85. The van der Waals surface area contributed by atoms with Gasteiger partial charge in [-0.15, -0.1) is 6.42 Å². The molecule has 26 heavy (non-hydrogen) atoms. The zero-order valence-electron chi connectivity index (χ0n) is 15.1. The van der Waals surface area contributed by atoms with Gasteiger partial charge in [0.25, 0.3) is 0 Å². The zero-order valence-corrected chi connectivity index (χ0v) is 15.1. The number of hydrogen-bond donors (Lipinski definition) is 0. The summed E-state index contributed by atoms with van der Waals surface area (Å²) in [6, 6.07) is 14.1. The number of carbonyl (C=O) groups excluding carboxylic acids is 1. The van der Waals surface area contributed by atoms with Crippen molar-refractivity contribution in [3.8, 4) is 12.3 Å². The van der Waals surface area contributed by atoms with Crippen molar-refractivity contribution in [2.45, 2.75) is 32.7 Å². The molecule has 1 saturated heterocycles. The lowest BCUT2D eigenvalue weighted by Crippen LogP contribution is -2.26. The Morgan fingerprint density at radius 2 is 1.88 bits per heavy atom. The number of aromatic nitrogens is 2. The summed E-state index contributed by atoms with van der Waals surface area (Å²) >= 11 is 0. The summed E-state index contributed by atoms with van der Waals surface area (Å²) in [6.07, 6.45) is 6.05. The van der Waals surface area contributed by atoms with Crippen LogP contribution in [0.15, 0.2) is 42.5 Å². The maximum absolute atomic E-state index is 12.8. The van der Waals surface area contributed by atoms with Gasteiger partial charge in [-0.25, -0.2) is 4.98 Å². The SMILES string of the molecule is C#CCn1c([C@@H]2CC(=O)N(c3c(C)cccc3C)C2)nc2ccccc21. The maximum Gasteiger partial charge on any atom is 0.227 e. The van der Waals surface area contributed by atoms with Crippen molar-refractivity contribution in [3.05, 3.63) is 59.4 Å². The van der Waals surface area contributed by atoms with Crippen LogP contribution in [0.1, 0.15) is 29.3 Å². The van der Waals surface area contributed by atoms with E-state index >= 15 is 0 Å². The number of rotatable bonds is 3. The van der Waals surface area contributed by atoms with E-state index < -0.39 is 0 Å². The van der Waals surface area contributed by atoms with Crippen LogP contribution in [0.5, 0.6) is 0 Å². The number of terminal acetylenes is 1. The molecule has 4 heteroatoms. The highest BCUT2D eigenvalue weighted by Gasteiger charge is 2.35. The van der Waals surface area contributed by atoms with Gasteiger partial charge in [0.15, 0.2) is 0 Å². The first-order chi connectivity index (χ1) is 12.6. The van der Waals surface area contributed by atoms with Crippen molar-refractivity contribution >= 4 is 22.6 Å². The lowest BCUT2D eigenvalue weighted by Gasteiger charge is -2.21. The fourth-order valence-electron chi connectivity index (χ4n) is 3.99. The summed E-state index contributed by atoms with van der Waals surface area (Å²) in [5.74, 6) is 3.82. The monoisotopic (exact) mass is 343 g/mol. The molecule has 1 aliphatic heterocycles. The van der Waals surface area contributed by atoms with Crippen LogP contribution in [-0.4, -0.2) is 22.0 Å². The number of benzene rings is 2. The number of para-hydroxylation sites is 3. The zero-order chi connectivity index (χ0) is 18.3. The second-order valence-corrected chi connectivity index (χ2v) is 6.89. The molecule has 0 unspecified atom stereocenters. The quantitative estimate of drug-likeness (QED) is 0.678. The third-order valence-corrected chi connectivity index (χ3v) is 5.13. The van der Waals surface area contributed by atoms with Gasteiger partial charge in [-0.3, -0.25) is 4.79 Å². The van der Waals surface area contributed by atoms with E-state index in [2.05, 4.69) is 36.5 Å². The van der Waals surface area contributed by atoms with E-state index in [-0.39, 0.29) is 11.8 Å². The van der Waals surface area contributed by atoms with Crippen LogP contribution in [-0.2, 0) is 11.3 Å². The highest BCUT2D eigenvalue weighted by atomic mass is 16.2. The molecule has 0 saturated carbocycles. The number of fused-ring (bicyclic) bond motifs is 1. The molecule has 1 aromatic heterocycles. The number of aryl methyl sites for hydroxylation is 2. The largest absolute Gasteiger partial charge is 0.316 e. The summed E-state index contributed by atoms with van der Waals surface area (Å²) in [5, 5.41) is 0. The third kappa shape index (κ3) is 2.57. The van der Waals surface area contributed by atoms with Crippen molar-refractivity contribution in [2.75, 3.05) is 11.4 Å². The molecular weight excluding hydrogens is 322 g/mol. The van der Waals surface area contributed by atoms with Crippen LogP contribution in [0, 0.1) is 26.2 Å². The van der Waals surface area contributed by atoms with Crippen molar-refractivity contribution in [1.29, 1.82) is 0 Å². The molecule has 1 aliphatic rings. The van der Waals surface area contributed by atoms with Gasteiger partial charge in [0.2, 0.25) is 5.91 Å². The number of amides is 1. The van der Waals surface area contributed by atoms with Gasteiger partial charge in [-0.2, -0.15) is 0 Å². The Balaban J connectivity index is 1.75. The normalized spacial score (nSPS) is 17.0. The molecule has 1 amide bonds. The molecule has 1 atom stereocenters. The van der Waals surface area contributed by atoms with Gasteiger partial charge in [0.05, 0.1) is 17.6 Å². The van der Waals surface area contributed by atoms with Gasteiger partial charge in [-0.05, 0) is 37.1 Å². The Bertz CT molecular complexity index is 1020. The van der Waals surface area contributed by atoms with E-state index in [0.29, 0.717) is 19.5 Å². The van der Waals surface area contributed by atoms with Crippen LogP contribution >= 0.6 is 0 Å². The topological polar surface area (TPSA) is 38.1 Å². The summed E-state index contributed by atoms with van der Waals surface area (Å²) in [6.45, 7) is 5.20. The minimum absolute atomic E-state index is 0.0438. The molecule has 4 nitrogen and oxygen atoms in total. The van der Waals surface area contributed by atoms with Crippen molar-refractivity contribution in [1.82, 2.24) is 9.55 Å². The van der Waals surface area contributed by atoms with E-state index in [9.17, 15) is 4.79 Å². The Labute approximate surface area is 153 Å². The molecule has 0 aliphatic carbocycles. The minimum Gasteiger partial charge on any atom is -0.316 e. The standard InChI is InChI=1S/C22H21N3O/c1-4-12-24-19-11-6-5-10-18(19)23-22(24)17-13-20(26)25(14-17)21-15(2)8-7-9-16(21)3/h1,5-11,17H,12-14H2,2-3H3/t17-/m1/s1. The molecule has 0 N–H and O–H groups in total. The maximum atomic E-state index is 12.8. The smallest absolute Gasteiger partial charge is 0.227 e. The first kappa shape index (κ1) is 16.4. The number of nitrogens with zero attached hydrogens (tertiary/aromatic N) is 3. The lowest BCUT2D eigenvalue weighted by molar-refractivity contribution is -0.117. The summed E-state index contributed by atoms with van der Waals surface area (Å²) < 4.78 is 2.07. The average Bonchev–Trinajstić information content (AvgIpc) is 3.17. The molecule has 0 spiro atoms. The van der Waals surface area contributed by atoms with Crippen LogP contribution < -0.4 is 4.90 Å². The Kier molecular flexibility index (Phi) is 4.00. The lowest BCUT2D eigenvalue weighted by atomic mass is 10.1. The van der Waals surface area contributed by atoms with E-state index in [1.54, 1.807) is 0 Å². The van der Waals surface area contributed by atoms with Gasteiger partial charge in [-0.1, -0.05) is 36.3 Å². The van der Waals surface area contributed by atoms with Crippen LogP contribution in [0.25, 0.3) is 11.0 Å². The Hall–Kier alpha value is -3.06. The summed E-state index contributed by atoms with van der Waals surface area (Å²) in [5.41, 5.74) is 5.22. The number of carbonyl (C=O) groups is 1. The van der Waals surface area contributed by atoms with Crippen molar-refractivity contribution in [3.63, 3.8) is 0 Å². The van der Waals surface area contributed by atoms with E-state index in [0.717, 1.165) is 33.7 Å². The predicted octanol–water partition coefficient (Wildman–Crippen LogP) is 3.81. The number of hydrogen-bond acceptors (Lipinski definition) is 2. The fraction of sp³-hybridized carbons (Fsp3) is 0.273. The molecule has 0 radical (unpaired) electrons. The third-order valence-electron chi connectivity index (χ3n) is 5.13. The van der Waals surface area contributed by atoms with Gasteiger partial charge < -0.3 is 9.47 Å². The van der Waals surface area contributed by atoms with Gasteiger partial charge in [0, 0.05) is 24.6 Å². The average molecular weight is 343 g/mol. The molecule has 2 heterocycles. The number of imidazole rings is 1. The summed E-state index contributed by atoms with van der Waals surface area (Å²) in [7, 11) is 0. The predicted molar refractivity (Wildman–Crippen MR) is 104 cm³/mol. The molecule has 1 fully saturated rings. The van der Waals surface area contributed by atoms with Gasteiger partial charge >= 0.3 is 0 Å². The molecular formula is C22H21N3O. The highest BCUT2D eigenvalue weighted by molar-refractivity contribution is 5.98. The first-order valence-corrected chi connectivity index (χ1v) is 8.85. The second kappa shape index (κ2) is 6.34. The van der Waals surface area contributed by atoms with Crippen molar-refractivity contribution in [2.24, 2.45) is 0 Å². The van der Waals surface area contributed by atoms with Crippen LogP contribution in [0.4, 0.5) is 5.69 Å². The second-order valence-electron chi connectivity index (χ2n) is 6.89. The van der Waals surface area contributed by atoms with Crippen molar-refractivity contribution < 1.29 is 4.79 Å². The molecule has 3 aromatic rings. The van der Waals surface area contributed by atoms with Gasteiger partial charge in [0.1, 0.15) is 5.82 Å². The molecule has 0 bridgehead atoms. The Morgan fingerprint density at radius 1 is 1.15 bits per heavy atom. The molecule has 2 aromatic carbocycles. The van der Waals surface area contributed by atoms with E-state index in [1.807, 2.05) is 35.2 Å². The molecule has 130 valence electrons. The summed E-state index contributed by atoms with van der Waals surface area (Å²) in [4.78, 5) is 19.5. The number of anilines is 1. The van der Waals surface area contributed by atoms with Crippen LogP contribution in [0.3, 0.4) is 0 Å². The van der Waals surface area contributed by atoms with E-state index in [4.69, 9.17) is 11.4 Å². The highest BCUT2D eigenvalue weighted by Crippen LogP contribution is 2.35. The minimum atomic E-state index is 0.0438. The van der Waals surface area contributed by atoms with E-state index in [1.165, 1.54) is 0 Å². The Morgan fingerprint density at radius 3 is 2.62 bits per heavy atom. The molecule has 4 rings (SSSR count). The fourth-order valence-corrected chi connectivity index (χ4v) is 3.99.